The van der Waals surface area contributed by atoms with Gasteiger partial charge in [0.2, 0.25) is 0 Å². The third kappa shape index (κ3) is 3.24. The molecule has 3 rings (SSSR count). The van der Waals surface area contributed by atoms with Crippen molar-refractivity contribution in [2.45, 2.75) is 23.8 Å². The van der Waals surface area contributed by atoms with E-state index in [1.807, 2.05) is 11.8 Å². The second-order valence-corrected chi connectivity index (χ2v) is 5.98. The smallest absolute Gasteiger partial charge is 0.0949 e. The van der Waals surface area contributed by atoms with Crippen LogP contribution in [0.4, 0.5) is 0 Å². The zero-order valence-corrected chi connectivity index (χ0v) is 10.8. The minimum Gasteiger partial charge on any atom is -0.371 e. The number of ether oxygens (including phenoxy) is 1. The molecule has 0 radical (unpaired) electrons. The molecule has 17 heavy (non-hydrogen) atoms. The average Bonchev–Trinajstić information content (AvgIpc) is 3.22. The molecule has 1 aromatic carbocycles. The number of benzene rings is 1. The second kappa shape index (κ2) is 5.42. The van der Waals surface area contributed by atoms with E-state index in [1.165, 1.54) is 29.1 Å². The fourth-order valence-electron chi connectivity index (χ4n) is 2.06. The highest BCUT2D eigenvalue weighted by atomic mass is 32.2. The van der Waals surface area contributed by atoms with Crippen molar-refractivity contribution in [3.8, 4) is 0 Å². The average molecular weight is 249 g/mol. The monoisotopic (exact) mass is 249 g/mol. The van der Waals surface area contributed by atoms with Gasteiger partial charge in [0.1, 0.15) is 0 Å². The Labute approximate surface area is 107 Å². The van der Waals surface area contributed by atoms with E-state index < -0.39 is 0 Å². The molecule has 1 aromatic rings. The van der Waals surface area contributed by atoms with Crippen molar-refractivity contribution in [2.24, 2.45) is 5.92 Å². The summed E-state index contributed by atoms with van der Waals surface area (Å²) in [6, 6.07) is 8.90. The van der Waals surface area contributed by atoms with Crippen molar-refractivity contribution >= 4 is 11.8 Å². The van der Waals surface area contributed by atoms with E-state index in [-0.39, 0.29) is 6.10 Å². The molecule has 2 fully saturated rings. The second-order valence-electron chi connectivity index (χ2n) is 4.89. The maximum Gasteiger partial charge on any atom is 0.0949 e. The first-order valence-electron chi connectivity index (χ1n) is 6.47. The molecular weight excluding hydrogens is 230 g/mol. The summed E-state index contributed by atoms with van der Waals surface area (Å²) in [6.07, 6.45) is 3.12. The molecule has 1 aliphatic carbocycles. The predicted molar refractivity (Wildman–Crippen MR) is 71.5 cm³/mol. The van der Waals surface area contributed by atoms with Crippen LogP contribution >= 0.6 is 11.8 Å². The Kier molecular flexibility index (Phi) is 3.69. The van der Waals surface area contributed by atoms with Crippen LogP contribution in [0.15, 0.2) is 29.2 Å². The highest BCUT2D eigenvalue weighted by Crippen LogP contribution is 2.35. The molecule has 3 heteroatoms. The van der Waals surface area contributed by atoms with Crippen LogP contribution < -0.4 is 5.32 Å². The number of rotatable bonds is 4. The lowest BCUT2D eigenvalue weighted by Gasteiger charge is -2.24. The summed E-state index contributed by atoms with van der Waals surface area (Å²) in [5.41, 5.74) is 1.30. The molecule has 1 saturated carbocycles. The summed E-state index contributed by atoms with van der Waals surface area (Å²) in [5.74, 6) is 2.28. The Hall–Kier alpha value is -0.510. The van der Waals surface area contributed by atoms with Crippen molar-refractivity contribution in [2.75, 3.05) is 25.4 Å². The van der Waals surface area contributed by atoms with E-state index >= 15 is 0 Å². The Morgan fingerprint density at radius 1 is 1.24 bits per heavy atom. The standard InChI is InChI=1S/C14H19NOS/c1-2-11(1)10-17-13-5-3-12(4-6-13)14-9-15-7-8-16-14/h3-6,11,14-15H,1-2,7-10H2. The first kappa shape index (κ1) is 11.6. The molecule has 2 nitrogen and oxygen atoms in total. The van der Waals surface area contributed by atoms with Gasteiger partial charge in [0, 0.05) is 23.7 Å². The minimum atomic E-state index is 0.242. The third-order valence-electron chi connectivity index (χ3n) is 3.36. The van der Waals surface area contributed by atoms with Crippen molar-refractivity contribution in [1.29, 1.82) is 0 Å². The fraction of sp³-hybridized carbons (Fsp3) is 0.571. The van der Waals surface area contributed by atoms with Crippen molar-refractivity contribution in [1.82, 2.24) is 5.32 Å². The van der Waals surface area contributed by atoms with Gasteiger partial charge in [0.25, 0.3) is 0 Å². The van der Waals surface area contributed by atoms with E-state index in [1.54, 1.807) is 0 Å². The number of hydrogen-bond acceptors (Lipinski definition) is 3. The molecule has 0 bridgehead atoms. The van der Waals surface area contributed by atoms with Gasteiger partial charge in [-0.3, -0.25) is 0 Å². The van der Waals surface area contributed by atoms with E-state index in [9.17, 15) is 0 Å². The van der Waals surface area contributed by atoms with Crippen LogP contribution in [0.2, 0.25) is 0 Å². The number of thioether (sulfide) groups is 1. The fourth-order valence-corrected chi connectivity index (χ4v) is 3.15. The quantitative estimate of drug-likeness (QED) is 0.829. The number of nitrogens with one attached hydrogen (secondary N) is 1. The van der Waals surface area contributed by atoms with Crippen LogP contribution in [-0.2, 0) is 4.74 Å². The Bertz CT molecular complexity index is 355. The van der Waals surface area contributed by atoms with Gasteiger partial charge in [-0.2, -0.15) is 0 Å². The number of morpholine rings is 1. The topological polar surface area (TPSA) is 21.3 Å². The van der Waals surface area contributed by atoms with Gasteiger partial charge in [-0.25, -0.2) is 0 Å². The van der Waals surface area contributed by atoms with Crippen molar-refractivity contribution in [3.63, 3.8) is 0 Å². The molecule has 1 unspecified atom stereocenters. The minimum absolute atomic E-state index is 0.242. The molecule has 2 aliphatic rings. The Morgan fingerprint density at radius 3 is 2.71 bits per heavy atom. The summed E-state index contributed by atoms with van der Waals surface area (Å²) >= 11 is 1.99. The van der Waals surface area contributed by atoms with Gasteiger partial charge < -0.3 is 10.1 Å². The van der Waals surface area contributed by atoms with Crippen LogP contribution in [0, 0.1) is 5.92 Å². The van der Waals surface area contributed by atoms with Gasteiger partial charge in [0.15, 0.2) is 0 Å². The van der Waals surface area contributed by atoms with Gasteiger partial charge >= 0.3 is 0 Å². The summed E-state index contributed by atoms with van der Waals surface area (Å²) < 4.78 is 5.74. The first-order chi connectivity index (χ1) is 8.42. The molecule has 0 spiro atoms. The van der Waals surface area contributed by atoms with E-state index in [0.717, 1.165) is 25.6 Å². The molecule has 92 valence electrons. The van der Waals surface area contributed by atoms with Gasteiger partial charge in [-0.1, -0.05) is 12.1 Å². The molecule has 1 heterocycles. The summed E-state index contributed by atoms with van der Waals surface area (Å²) in [6.45, 7) is 2.74. The van der Waals surface area contributed by atoms with Crippen LogP contribution in [0.5, 0.6) is 0 Å². The Morgan fingerprint density at radius 2 is 2.06 bits per heavy atom. The normalized spacial score (nSPS) is 24.8. The van der Waals surface area contributed by atoms with Gasteiger partial charge in [-0.15, -0.1) is 11.8 Å². The van der Waals surface area contributed by atoms with Crippen LogP contribution in [0.1, 0.15) is 24.5 Å². The zero-order chi connectivity index (χ0) is 11.5. The molecule has 1 saturated heterocycles. The van der Waals surface area contributed by atoms with E-state index in [4.69, 9.17) is 4.74 Å². The van der Waals surface area contributed by atoms with Crippen LogP contribution in [-0.4, -0.2) is 25.4 Å². The summed E-state index contributed by atoms with van der Waals surface area (Å²) in [4.78, 5) is 1.39. The van der Waals surface area contributed by atoms with Crippen LogP contribution in [0.3, 0.4) is 0 Å². The lowest BCUT2D eigenvalue weighted by Crippen LogP contribution is -2.33. The molecule has 1 N–H and O–H groups in total. The highest BCUT2D eigenvalue weighted by Gasteiger charge is 2.21. The van der Waals surface area contributed by atoms with Crippen molar-refractivity contribution in [3.05, 3.63) is 29.8 Å². The predicted octanol–water partition coefficient (Wildman–Crippen LogP) is 2.85. The third-order valence-corrected chi connectivity index (χ3v) is 4.61. The highest BCUT2D eigenvalue weighted by molar-refractivity contribution is 7.99. The van der Waals surface area contributed by atoms with E-state index in [2.05, 4.69) is 29.6 Å². The van der Waals surface area contributed by atoms with Gasteiger partial charge in [-0.05, 0) is 36.5 Å². The van der Waals surface area contributed by atoms with Crippen LogP contribution in [0.25, 0.3) is 0 Å². The summed E-state index contributed by atoms with van der Waals surface area (Å²) in [5, 5.41) is 3.37. The van der Waals surface area contributed by atoms with E-state index in [0.29, 0.717) is 0 Å². The molecule has 0 amide bonds. The maximum absolute atomic E-state index is 5.74. The van der Waals surface area contributed by atoms with Crippen molar-refractivity contribution < 1.29 is 4.74 Å². The lowest BCUT2D eigenvalue weighted by molar-refractivity contribution is 0.0277. The van der Waals surface area contributed by atoms with Gasteiger partial charge in [0.05, 0.1) is 12.7 Å². The lowest BCUT2D eigenvalue weighted by atomic mass is 10.1. The largest absolute Gasteiger partial charge is 0.371 e. The molecule has 1 aliphatic heterocycles. The first-order valence-corrected chi connectivity index (χ1v) is 7.45. The Balaban J connectivity index is 1.58. The molecule has 0 aromatic heterocycles. The molecule has 1 atom stereocenters. The maximum atomic E-state index is 5.74. The SMILES string of the molecule is c1cc(C2CNCCO2)ccc1SCC1CC1. The zero-order valence-electron chi connectivity index (χ0n) is 10.0. The number of hydrogen-bond donors (Lipinski definition) is 1. The molecular formula is C14H19NOS. The summed E-state index contributed by atoms with van der Waals surface area (Å²) in [7, 11) is 0.